The van der Waals surface area contributed by atoms with Gasteiger partial charge in [-0.2, -0.15) is 0 Å². The predicted molar refractivity (Wildman–Crippen MR) is 122 cm³/mol. The van der Waals surface area contributed by atoms with Gasteiger partial charge >= 0.3 is 0 Å². The first-order chi connectivity index (χ1) is 14.3. The fraction of sp³-hybridized carbons (Fsp3) is 0.182. The van der Waals surface area contributed by atoms with E-state index in [2.05, 4.69) is 40.4 Å². The average Bonchev–Trinajstić information content (AvgIpc) is 3.55. The number of ether oxygens (including phenoxy) is 3. The second kappa shape index (κ2) is 8.08. The van der Waals surface area contributed by atoms with Gasteiger partial charge in [0.05, 0.1) is 19.5 Å². The molecular weight excluding hydrogens is 441 g/mol. The summed E-state index contributed by atoms with van der Waals surface area (Å²) in [5, 5.41) is 8.22. The molecular formula is C22H18O3S4. The van der Waals surface area contributed by atoms with E-state index in [1.807, 2.05) is 36.6 Å². The van der Waals surface area contributed by atoms with Gasteiger partial charge in [0.15, 0.2) is 11.5 Å². The Morgan fingerprint density at radius 2 is 1.48 bits per heavy atom. The third kappa shape index (κ3) is 3.37. The minimum Gasteiger partial charge on any atom is -0.472 e. The van der Waals surface area contributed by atoms with E-state index in [0.717, 1.165) is 31.0 Å². The van der Waals surface area contributed by atoms with Gasteiger partial charge in [-0.1, -0.05) is 24.3 Å². The van der Waals surface area contributed by atoms with Gasteiger partial charge in [-0.15, -0.1) is 45.3 Å². The second-order valence-corrected chi connectivity index (χ2v) is 10.1. The minimum atomic E-state index is -1.03. The van der Waals surface area contributed by atoms with E-state index in [9.17, 15) is 0 Å². The molecule has 0 fully saturated rings. The Balaban J connectivity index is 1.74. The second-order valence-electron chi connectivity index (χ2n) is 6.31. The van der Waals surface area contributed by atoms with E-state index >= 15 is 0 Å². The summed E-state index contributed by atoms with van der Waals surface area (Å²) in [7, 11) is 0. The lowest BCUT2D eigenvalue weighted by atomic mass is 10.0. The lowest BCUT2D eigenvalue weighted by Crippen LogP contribution is -2.42. The summed E-state index contributed by atoms with van der Waals surface area (Å²) in [4.78, 5) is 4.15. The van der Waals surface area contributed by atoms with Crippen molar-refractivity contribution in [2.24, 2.45) is 0 Å². The van der Waals surface area contributed by atoms with Gasteiger partial charge in [0.25, 0.3) is 5.79 Å². The molecule has 0 N–H and O–H groups in total. The number of hydrogen-bond donors (Lipinski definition) is 0. The topological polar surface area (TPSA) is 27.7 Å². The minimum absolute atomic E-state index is 0.401. The first kappa shape index (κ1) is 19.1. The van der Waals surface area contributed by atoms with Gasteiger partial charge in [-0.3, -0.25) is 0 Å². The molecule has 0 spiro atoms. The Hall–Kier alpha value is -1.90. The van der Waals surface area contributed by atoms with E-state index in [0.29, 0.717) is 6.61 Å². The summed E-state index contributed by atoms with van der Waals surface area (Å²) in [6, 6.07) is 16.4. The van der Waals surface area contributed by atoms with Crippen LogP contribution in [-0.4, -0.2) is 6.61 Å². The summed E-state index contributed by atoms with van der Waals surface area (Å²) in [6.07, 6.45) is -0.401. The molecule has 3 nitrogen and oxygen atoms in total. The molecule has 2 atom stereocenters. The first-order valence-corrected chi connectivity index (χ1v) is 12.7. The SMILES string of the molecule is CCO[C@@]1(c2cccs2)OC(c2cccs2)=C(c2cccs2)O[C@H]1c1cccs1. The van der Waals surface area contributed by atoms with E-state index in [-0.39, 0.29) is 0 Å². The van der Waals surface area contributed by atoms with Crippen molar-refractivity contribution in [1.82, 2.24) is 0 Å². The maximum absolute atomic E-state index is 6.84. The van der Waals surface area contributed by atoms with Crippen molar-refractivity contribution in [3.8, 4) is 0 Å². The molecule has 0 aromatic carbocycles. The fourth-order valence-corrected chi connectivity index (χ4v) is 6.42. The van der Waals surface area contributed by atoms with Gasteiger partial charge in [0, 0.05) is 6.61 Å². The summed E-state index contributed by atoms with van der Waals surface area (Å²) in [5.74, 6) is 0.471. The van der Waals surface area contributed by atoms with Crippen LogP contribution in [0.2, 0.25) is 0 Å². The Morgan fingerprint density at radius 3 is 2.07 bits per heavy atom. The fourth-order valence-electron chi connectivity index (χ4n) is 3.38. The van der Waals surface area contributed by atoms with Crippen LogP contribution in [0, 0.1) is 0 Å². The van der Waals surface area contributed by atoms with Crippen molar-refractivity contribution in [3.63, 3.8) is 0 Å². The predicted octanol–water partition coefficient (Wildman–Crippen LogP) is 7.44. The third-order valence-electron chi connectivity index (χ3n) is 4.56. The van der Waals surface area contributed by atoms with Crippen LogP contribution < -0.4 is 0 Å². The van der Waals surface area contributed by atoms with E-state index in [1.165, 1.54) is 0 Å². The van der Waals surface area contributed by atoms with E-state index < -0.39 is 11.9 Å². The van der Waals surface area contributed by atoms with E-state index in [4.69, 9.17) is 14.2 Å². The quantitative estimate of drug-likeness (QED) is 0.300. The van der Waals surface area contributed by atoms with Crippen LogP contribution in [0.5, 0.6) is 0 Å². The van der Waals surface area contributed by atoms with Crippen molar-refractivity contribution < 1.29 is 14.2 Å². The van der Waals surface area contributed by atoms with Gasteiger partial charge in [0.1, 0.15) is 0 Å². The molecule has 148 valence electrons. The largest absolute Gasteiger partial charge is 0.472 e. The zero-order chi connectivity index (χ0) is 19.7. The van der Waals surface area contributed by atoms with Crippen molar-refractivity contribution in [1.29, 1.82) is 0 Å². The van der Waals surface area contributed by atoms with Crippen LogP contribution >= 0.6 is 45.3 Å². The Labute approximate surface area is 185 Å². The molecule has 0 saturated heterocycles. The lowest BCUT2D eigenvalue weighted by molar-refractivity contribution is -0.268. The zero-order valence-corrected chi connectivity index (χ0v) is 18.8. The number of hydrogen-bond acceptors (Lipinski definition) is 7. The average molecular weight is 459 g/mol. The smallest absolute Gasteiger partial charge is 0.289 e. The van der Waals surface area contributed by atoms with Gasteiger partial charge in [-0.05, 0) is 52.7 Å². The third-order valence-corrected chi connectivity index (χ3v) is 8.18. The van der Waals surface area contributed by atoms with E-state index in [1.54, 1.807) is 45.3 Å². The summed E-state index contributed by atoms with van der Waals surface area (Å²) >= 11 is 6.57. The molecule has 5 heterocycles. The van der Waals surface area contributed by atoms with Crippen molar-refractivity contribution in [2.45, 2.75) is 18.8 Å². The molecule has 0 unspecified atom stereocenters. The Bertz CT molecular complexity index is 1060. The lowest BCUT2D eigenvalue weighted by Gasteiger charge is -2.43. The molecule has 0 aliphatic carbocycles. The van der Waals surface area contributed by atoms with Gasteiger partial charge in [-0.25, -0.2) is 0 Å². The van der Waals surface area contributed by atoms with Crippen LogP contribution in [-0.2, 0) is 20.0 Å². The summed E-state index contributed by atoms with van der Waals surface area (Å²) in [5.41, 5.74) is 0. The highest BCUT2D eigenvalue weighted by atomic mass is 32.1. The summed E-state index contributed by atoms with van der Waals surface area (Å²) < 4.78 is 20.0. The normalized spacial score (nSPS) is 21.8. The highest BCUT2D eigenvalue weighted by Crippen LogP contribution is 2.55. The van der Waals surface area contributed by atoms with Crippen LogP contribution in [0.1, 0.15) is 32.5 Å². The zero-order valence-electron chi connectivity index (χ0n) is 15.6. The highest BCUT2D eigenvalue weighted by Gasteiger charge is 2.53. The molecule has 4 aromatic rings. The van der Waals surface area contributed by atoms with Gasteiger partial charge in [0.2, 0.25) is 6.10 Å². The van der Waals surface area contributed by atoms with Crippen LogP contribution in [0.25, 0.3) is 11.5 Å². The molecule has 0 radical (unpaired) electrons. The number of thiophene rings is 4. The molecule has 0 saturated carbocycles. The van der Waals surface area contributed by atoms with Crippen LogP contribution in [0.4, 0.5) is 0 Å². The van der Waals surface area contributed by atoms with Crippen molar-refractivity contribution in [3.05, 3.63) is 89.6 Å². The van der Waals surface area contributed by atoms with Gasteiger partial charge < -0.3 is 14.2 Å². The summed E-state index contributed by atoms with van der Waals surface area (Å²) in [6.45, 7) is 2.50. The van der Waals surface area contributed by atoms with Crippen LogP contribution in [0.15, 0.2) is 70.1 Å². The molecule has 29 heavy (non-hydrogen) atoms. The molecule has 0 bridgehead atoms. The molecule has 4 aromatic heterocycles. The maximum atomic E-state index is 6.84. The number of rotatable bonds is 6. The Morgan fingerprint density at radius 1 is 0.828 bits per heavy atom. The highest BCUT2D eigenvalue weighted by molar-refractivity contribution is 7.12. The first-order valence-electron chi connectivity index (χ1n) is 9.21. The molecule has 5 rings (SSSR count). The standard InChI is InChI=1S/C22H18O3S4/c1-2-23-22(18-10-6-14-29-18)21(17-9-5-13-28-17)24-19(15-7-3-11-26-15)20(25-22)16-8-4-12-27-16/h3-14,21H,2H2,1H3/t21-,22-/m0/s1. The monoisotopic (exact) mass is 458 g/mol. The molecule has 0 amide bonds. The van der Waals surface area contributed by atoms with Crippen LogP contribution in [0.3, 0.4) is 0 Å². The van der Waals surface area contributed by atoms with Crippen molar-refractivity contribution in [2.75, 3.05) is 6.61 Å². The molecule has 7 heteroatoms. The molecule has 1 aliphatic rings. The Kier molecular flexibility index (Phi) is 5.32. The molecule has 1 aliphatic heterocycles. The van der Waals surface area contributed by atoms with Crippen molar-refractivity contribution >= 4 is 56.9 Å². The maximum Gasteiger partial charge on any atom is 0.289 e.